The molecule has 0 aliphatic carbocycles. The highest BCUT2D eigenvalue weighted by atomic mass is 19.1. The molecule has 5 aromatic rings. The predicted molar refractivity (Wildman–Crippen MR) is 170 cm³/mol. The summed E-state index contributed by atoms with van der Waals surface area (Å²) in [6.45, 7) is 0.212. The predicted octanol–water partition coefficient (Wildman–Crippen LogP) is 7.37. The number of fused-ring (bicyclic) bond motifs is 1. The van der Waals surface area contributed by atoms with Gasteiger partial charge in [0, 0.05) is 11.6 Å². The minimum atomic E-state index is -0.640. The smallest absolute Gasteiger partial charge is 0.323 e. The number of halogens is 1. The number of carbonyl (C=O) groups excluding carboxylic acids is 1. The van der Waals surface area contributed by atoms with E-state index in [1.54, 1.807) is 42.5 Å². The summed E-state index contributed by atoms with van der Waals surface area (Å²) in [5.41, 5.74) is 10.3. The molecule has 1 aliphatic rings. The maximum atomic E-state index is 13.6. The first-order chi connectivity index (χ1) is 22.4. The number of methoxy groups -OCH3 is 1. The van der Waals surface area contributed by atoms with Crippen molar-refractivity contribution in [3.63, 3.8) is 0 Å². The van der Waals surface area contributed by atoms with E-state index in [2.05, 4.69) is 6.07 Å². The van der Waals surface area contributed by atoms with Gasteiger partial charge in [-0.3, -0.25) is 4.79 Å². The molecule has 0 saturated heterocycles. The van der Waals surface area contributed by atoms with Crippen LogP contribution in [0.4, 0.5) is 4.39 Å². The second-order valence-corrected chi connectivity index (χ2v) is 10.6. The van der Waals surface area contributed by atoms with E-state index in [0.29, 0.717) is 28.4 Å². The summed E-state index contributed by atoms with van der Waals surface area (Å²) in [6.07, 6.45) is 0. The lowest BCUT2D eigenvalue weighted by atomic mass is 9.83. The molecule has 0 fully saturated rings. The van der Waals surface area contributed by atoms with Gasteiger partial charge in [0.05, 0.1) is 13.0 Å². The number of hydrogen-bond acceptors (Lipinski definition) is 7. The van der Waals surface area contributed by atoms with Crippen molar-refractivity contribution in [2.75, 3.05) is 7.11 Å². The minimum Gasteiger partial charge on any atom is -0.493 e. The molecule has 5 aromatic carbocycles. The lowest BCUT2D eigenvalue weighted by molar-refractivity contribution is -0.135. The van der Waals surface area contributed by atoms with E-state index in [9.17, 15) is 14.4 Å². The first-order valence-corrected chi connectivity index (χ1v) is 14.5. The monoisotopic (exact) mass is 612 g/mol. The topological polar surface area (TPSA) is 104 Å². The van der Waals surface area contributed by atoms with Gasteiger partial charge < -0.3 is 24.7 Å². The van der Waals surface area contributed by atoms with Crippen LogP contribution in [0, 0.1) is 17.1 Å². The van der Waals surface area contributed by atoms with Gasteiger partial charge in [0.1, 0.15) is 41.5 Å². The van der Waals surface area contributed by atoms with Crippen LogP contribution in [0.25, 0.3) is 0 Å². The van der Waals surface area contributed by atoms with Crippen molar-refractivity contribution < 1.29 is 28.1 Å². The van der Waals surface area contributed by atoms with Crippen LogP contribution in [-0.4, -0.2) is 13.1 Å². The van der Waals surface area contributed by atoms with Crippen LogP contribution in [0.5, 0.6) is 23.0 Å². The van der Waals surface area contributed by atoms with Crippen LogP contribution in [0.1, 0.15) is 39.7 Å². The van der Waals surface area contributed by atoms with Crippen molar-refractivity contribution in [3.8, 4) is 29.1 Å². The van der Waals surface area contributed by atoms with Gasteiger partial charge in [-0.2, -0.15) is 5.26 Å². The van der Waals surface area contributed by atoms with Crippen LogP contribution in [0.15, 0.2) is 133 Å². The number of rotatable bonds is 9. The molecule has 0 bridgehead atoms. The lowest BCUT2D eigenvalue weighted by Crippen LogP contribution is -2.22. The molecular formula is C38H29FN2O5. The van der Waals surface area contributed by atoms with Gasteiger partial charge >= 0.3 is 5.97 Å². The van der Waals surface area contributed by atoms with Crippen LogP contribution >= 0.6 is 0 Å². The van der Waals surface area contributed by atoms with E-state index in [4.69, 9.17) is 24.7 Å². The number of carbonyl (C=O) groups is 1. The summed E-state index contributed by atoms with van der Waals surface area (Å²) in [5, 5.41) is 10.1. The summed E-state index contributed by atoms with van der Waals surface area (Å²) >= 11 is 0. The van der Waals surface area contributed by atoms with Crippen molar-refractivity contribution in [1.82, 2.24) is 0 Å². The Hall–Kier alpha value is -6.07. The molecule has 1 atom stereocenters. The molecule has 228 valence electrons. The Balaban J connectivity index is 1.28. The number of nitrogens with two attached hydrogens (primary N) is 1. The number of benzene rings is 5. The second-order valence-electron chi connectivity index (χ2n) is 10.6. The maximum Gasteiger partial charge on any atom is 0.323 e. The number of ether oxygens (including phenoxy) is 4. The van der Waals surface area contributed by atoms with Gasteiger partial charge in [0.2, 0.25) is 5.88 Å². The van der Waals surface area contributed by atoms with E-state index in [0.717, 1.165) is 16.7 Å². The minimum absolute atomic E-state index is 0.0504. The Morgan fingerprint density at radius 3 is 2.20 bits per heavy atom. The van der Waals surface area contributed by atoms with Crippen molar-refractivity contribution in [2.45, 2.75) is 18.4 Å². The van der Waals surface area contributed by atoms with E-state index in [-0.39, 0.29) is 29.6 Å². The molecule has 6 rings (SSSR count). The maximum absolute atomic E-state index is 13.6. The Kier molecular flexibility index (Phi) is 8.66. The molecule has 2 N–H and O–H groups in total. The average Bonchev–Trinajstić information content (AvgIpc) is 3.08. The molecule has 0 aromatic heterocycles. The SMILES string of the molecule is COc1cc(C2C(C#N)=C(N)Oc3cc(OC(=O)C(c4ccccc4)c4ccccc4)ccc32)ccc1OCc1ccc(F)cc1. The zero-order valence-electron chi connectivity index (χ0n) is 24.9. The Morgan fingerprint density at radius 2 is 1.57 bits per heavy atom. The zero-order valence-corrected chi connectivity index (χ0v) is 24.9. The average molecular weight is 613 g/mol. The van der Waals surface area contributed by atoms with Crippen molar-refractivity contribution in [1.29, 1.82) is 5.26 Å². The fourth-order valence-corrected chi connectivity index (χ4v) is 5.50. The molecule has 1 heterocycles. The highest BCUT2D eigenvalue weighted by molar-refractivity contribution is 5.84. The van der Waals surface area contributed by atoms with Gasteiger partial charge in [-0.1, -0.05) is 84.9 Å². The first kappa shape index (κ1) is 30.0. The number of hydrogen-bond donors (Lipinski definition) is 1. The Bertz CT molecular complexity index is 1900. The number of esters is 1. The molecule has 0 saturated carbocycles. The third kappa shape index (κ3) is 6.26. The van der Waals surface area contributed by atoms with E-state index in [1.165, 1.54) is 19.2 Å². The van der Waals surface area contributed by atoms with Crippen LogP contribution in [0.2, 0.25) is 0 Å². The second kappa shape index (κ2) is 13.3. The highest BCUT2D eigenvalue weighted by Gasteiger charge is 2.32. The molecule has 7 nitrogen and oxygen atoms in total. The normalized spacial score (nSPS) is 13.7. The summed E-state index contributed by atoms with van der Waals surface area (Å²) in [6, 6.07) is 37.5. The fourth-order valence-electron chi connectivity index (χ4n) is 5.50. The molecule has 0 radical (unpaired) electrons. The molecule has 1 unspecified atom stereocenters. The van der Waals surface area contributed by atoms with Gasteiger partial charge in [-0.05, 0) is 52.6 Å². The number of nitriles is 1. The quantitative estimate of drug-likeness (QED) is 0.137. The molecule has 46 heavy (non-hydrogen) atoms. The van der Waals surface area contributed by atoms with E-state index < -0.39 is 17.8 Å². The van der Waals surface area contributed by atoms with Gasteiger partial charge in [0.25, 0.3) is 0 Å². The first-order valence-electron chi connectivity index (χ1n) is 14.5. The fraction of sp³-hybridized carbons (Fsp3) is 0.105. The van der Waals surface area contributed by atoms with Crippen molar-refractivity contribution >= 4 is 5.97 Å². The van der Waals surface area contributed by atoms with Crippen LogP contribution in [0.3, 0.4) is 0 Å². The van der Waals surface area contributed by atoms with Gasteiger partial charge in [0.15, 0.2) is 11.5 Å². The Morgan fingerprint density at radius 1 is 0.891 bits per heavy atom. The van der Waals surface area contributed by atoms with Crippen LogP contribution < -0.4 is 24.7 Å². The van der Waals surface area contributed by atoms with Crippen molar-refractivity contribution in [3.05, 3.63) is 166 Å². The van der Waals surface area contributed by atoms with E-state index >= 15 is 0 Å². The van der Waals surface area contributed by atoms with Gasteiger partial charge in [-0.25, -0.2) is 4.39 Å². The number of nitrogens with zero attached hydrogens (tertiary/aromatic N) is 1. The van der Waals surface area contributed by atoms with E-state index in [1.807, 2.05) is 66.7 Å². The zero-order chi connectivity index (χ0) is 32.0. The summed E-state index contributed by atoms with van der Waals surface area (Å²) in [4.78, 5) is 13.6. The molecule has 8 heteroatoms. The molecule has 0 amide bonds. The molecule has 0 spiro atoms. The summed E-state index contributed by atoms with van der Waals surface area (Å²) in [7, 11) is 1.52. The lowest BCUT2D eigenvalue weighted by Gasteiger charge is -2.27. The van der Waals surface area contributed by atoms with Gasteiger partial charge in [-0.15, -0.1) is 0 Å². The summed E-state index contributed by atoms with van der Waals surface area (Å²) < 4.78 is 36.7. The molecule has 1 aliphatic heterocycles. The molecular weight excluding hydrogens is 583 g/mol. The number of allylic oxidation sites excluding steroid dienone is 1. The summed E-state index contributed by atoms with van der Waals surface area (Å²) in [5.74, 6) is -0.491. The van der Waals surface area contributed by atoms with Crippen molar-refractivity contribution in [2.24, 2.45) is 5.73 Å². The third-order valence-corrected chi connectivity index (χ3v) is 7.74. The standard InChI is InChI=1S/C38H29FN2O5/c1-43-34-20-27(14-19-32(34)44-23-24-12-15-28(39)16-13-24)36-30-18-17-29(21-33(30)46-37(41)31(36)22-40)45-38(42)35(25-8-4-2-5-9-25)26-10-6-3-7-11-26/h2-21,35-36H,23,41H2,1H3. The highest BCUT2D eigenvalue weighted by Crippen LogP contribution is 2.45. The largest absolute Gasteiger partial charge is 0.493 e. The Labute approximate surface area is 265 Å². The van der Waals surface area contributed by atoms with Crippen LogP contribution in [-0.2, 0) is 11.4 Å². The third-order valence-electron chi connectivity index (χ3n) is 7.74.